The molecule has 1 N–H and O–H groups in total. The van der Waals surface area contributed by atoms with Crippen LogP contribution in [0.15, 0.2) is 42.6 Å². The molecule has 2 aromatic heterocycles. The van der Waals surface area contributed by atoms with E-state index in [1.807, 2.05) is 24.3 Å². The molecule has 1 aromatic carbocycles. The van der Waals surface area contributed by atoms with Gasteiger partial charge < -0.3 is 15.0 Å². The monoisotopic (exact) mass is 341 g/mol. The summed E-state index contributed by atoms with van der Waals surface area (Å²) in [4.78, 5) is 15.0. The minimum atomic E-state index is 0.175. The predicted molar refractivity (Wildman–Crippen MR) is 95.1 cm³/mol. The number of hydrogen-bond donors (Lipinski definition) is 1. The molecule has 1 fully saturated rings. The third-order valence-corrected chi connectivity index (χ3v) is 4.12. The van der Waals surface area contributed by atoms with Crippen LogP contribution < -0.4 is 10.2 Å². The molecule has 0 saturated carbocycles. The van der Waals surface area contributed by atoms with Gasteiger partial charge in [-0.25, -0.2) is 4.98 Å². The van der Waals surface area contributed by atoms with Crippen LogP contribution in [0, 0.1) is 0 Å². The molecule has 1 aliphatic rings. The number of halogens is 1. The molecule has 6 nitrogen and oxygen atoms in total. The predicted octanol–water partition coefficient (Wildman–Crippen LogP) is 3.26. The molecule has 7 heteroatoms. The maximum atomic E-state index is 6.00. The van der Waals surface area contributed by atoms with Gasteiger partial charge in [-0.05, 0) is 48.0 Å². The molecule has 0 spiro atoms. The van der Waals surface area contributed by atoms with Gasteiger partial charge in [0.2, 0.25) is 5.28 Å². The van der Waals surface area contributed by atoms with Crippen LogP contribution in [0.5, 0.6) is 0 Å². The Morgan fingerprint density at radius 1 is 1.04 bits per heavy atom. The zero-order valence-corrected chi connectivity index (χ0v) is 13.7. The molecule has 0 bridgehead atoms. The van der Waals surface area contributed by atoms with Gasteiger partial charge in [0, 0.05) is 30.7 Å². The molecule has 3 heterocycles. The Kier molecular flexibility index (Phi) is 4.15. The molecular formula is C17H16ClN5O. The Hall–Kier alpha value is -2.44. The van der Waals surface area contributed by atoms with E-state index in [0.29, 0.717) is 11.5 Å². The zero-order valence-electron chi connectivity index (χ0n) is 12.9. The second-order valence-corrected chi connectivity index (χ2v) is 5.83. The van der Waals surface area contributed by atoms with E-state index in [4.69, 9.17) is 16.3 Å². The first-order valence-electron chi connectivity index (χ1n) is 7.78. The largest absolute Gasteiger partial charge is 0.378 e. The summed E-state index contributed by atoms with van der Waals surface area (Å²) in [5.74, 6) is 0.650. The van der Waals surface area contributed by atoms with E-state index in [-0.39, 0.29) is 5.28 Å². The van der Waals surface area contributed by atoms with Gasteiger partial charge in [-0.1, -0.05) is 0 Å². The van der Waals surface area contributed by atoms with Gasteiger partial charge in [-0.2, -0.15) is 9.97 Å². The quantitative estimate of drug-likeness (QED) is 0.738. The number of fused-ring (bicyclic) bond motifs is 1. The maximum Gasteiger partial charge on any atom is 0.226 e. The van der Waals surface area contributed by atoms with Gasteiger partial charge in [0.05, 0.1) is 18.6 Å². The lowest BCUT2D eigenvalue weighted by Crippen LogP contribution is -2.36. The van der Waals surface area contributed by atoms with Crippen LogP contribution in [0.25, 0.3) is 11.0 Å². The Bertz CT molecular complexity index is 849. The highest BCUT2D eigenvalue weighted by Crippen LogP contribution is 2.25. The van der Waals surface area contributed by atoms with Gasteiger partial charge in [0.1, 0.15) is 5.82 Å². The molecule has 122 valence electrons. The average Bonchev–Trinajstić information content (AvgIpc) is 2.63. The number of anilines is 3. The summed E-state index contributed by atoms with van der Waals surface area (Å²) < 4.78 is 5.39. The second-order valence-electron chi connectivity index (χ2n) is 5.49. The average molecular weight is 342 g/mol. The van der Waals surface area contributed by atoms with E-state index < -0.39 is 0 Å². The topological polar surface area (TPSA) is 63.2 Å². The number of pyridine rings is 1. The fourth-order valence-corrected chi connectivity index (χ4v) is 2.91. The van der Waals surface area contributed by atoms with Crippen molar-refractivity contribution < 1.29 is 4.74 Å². The lowest BCUT2D eigenvalue weighted by Gasteiger charge is -2.28. The van der Waals surface area contributed by atoms with Crippen molar-refractivity contribution >= 4 is 39.8 Å². The van der Waals surface area contributed by atoms with E-state index >= 15 is 0 Å². The summed E-state index contributed by atoms with van der Waals surface area (Å²) in [5.41, 5.74) is 2.70. The highest BCUT2D eigenvalue weighted by Gasteiger charge is 2.11. The van der Waals surface area contributed by atoms with Crippen molar-refractivity contribution in [3.05, 3.63) is 47.9 Å². The summed E-state index contributed by atoms with van der Waals surface area (Å²) in [6.07, 6.45) is 1.69. The SMILES string of the molecule is Clc1nc(Nc2ccc(N3CCOCC3)cc2)c2cccnc2n1. The molecule has 1 aliphatic heterocycles. The number of hydrogen-bond acceptors (Lipinski definition) is 6. The standard InChI is InChI=1S/C17H16ClN5O/c18-17-21-15-14(2-1-7-19-15)16(22-17)20-12-3-5-13(6-4-12)23-8-10-24-11-9-23/h1-7H,8-11H2,(H,19,20,21,22). The summed E-state index contributed by atoms with van der Waals surface area (Å²) in [7, 11) is 0. The first kappa shape index (κ1) is 15.1. The molecule has 24 heavy (non-hydrogen) atoms. The normalized spacial score (nSPS) is 14.8. The van der Waals surface area contributed by atoms with Crippen molar-refractivity contribution in [2.45, 2.75) is 0 Å². The molecule has 0 unspecified atom stereocenters. The smallest absolute Gasteiger partial charge is 0.226 e. The maximum absolute atomic E-state index is 6.00. The Balaban J connectivity index is 1.59. The van der Waals surface area contributed by atoms with Crippen LogP contribution in [0.2, 0.25) is 5.28 Å². The number of ether oxygens (including phenoxy) is 1. The van der Waals surface area contributed by atoms with Gasteiger partial charge in [-0.15, -0.1) is 0 Å². The fourth-order valence-electron chi connectivity index (χ4n) is 2.74. The molecule has 4 rings (SSSR count). The van der Waals surface area contributed by atoms with E-state index in [2.05, 4.69) is 37.3 Å². The van der Waals surface area contributed by atoms with Crippen LogP contribution in [0.4, 0.5) is 17.2 Å². The third-order valence-electron chi connectivity index (χ3n) is 3.95. The minimum Gasteiger partial charge on any atom is -0.378 e. The van der Waals surface area contributed by atoms with Crippen molar-refractivity contribution in [2.24, 2.45) is 0 Å². The number of morpholine rings is 1. The first-order chi connectivity index (χ1) is 11.8. The number of nitrogens with zero attached hydrogens (tertiary/aromatic N) is 4. The highest BCUT2D eigenvalue weighted by atomic mass is 35.5. The zero-order chi connectivity index (χ0) is 16.4. The van der Waals surface area contributed by atoms with Gasteiger partial charge in [0.15, 0.2) is 5.65 Å². The van der Waals surface area contributed by atoms with Gasteiger partial charge in [0.25, 0.3) is 0 Å². The number of benzene rings is 1. The van der Waals surface area contributed by atoms with Crippen molar-refractivity contribution in [3.8, 4) is 0 Å². The highest BCUT2D eigenvalue weighted by molar-refractivity contribution is 6.28. The molecule has 0 atom stereocenters. The van der Waals surface area contributed by atoms with Crippen LogP contribution in [0.1, 0.15) is 0 Å². The van der Waals surface area contributed by atoms with Crippen molar-refractivity contribution in [2.75, 3.05) is 36.5 Å². The summed E-state index contributed by atoms with van der Waals surface area (Å²) >= 11 is 6.00. The number of aromatic nitrogens is 3. The van der Waals surface area contributed by atoms with E-state index in [1.54, 1.807) is 6.20 Å². The van der Waals surface area contributed by atoms with Crippen LogP contribution >= 0.6 is 11.6 Å². The van der Waals surface area contributed by atoms with Crippen molar-refractivity contribution in [1.82, 2.24) is 15.0 Å². The van der Waals surface area contributed by atoms with Crippen molar-refractivity contribution in [1.29, 1.82) is 0 Å². The summed E-state index contributed by atoms with van der Waals surface area (Å²) in [6.45, 7) is 3.39. The molecule has 3 aromatic rings. The van der Waals surface area contributed by atoms with Crippen LogP contribution in [-0.4, -0.2) is 41.3 Å². The summed E-state index contributed by atoms with van der Waals surface area (Å²) in [5, 5.41) is 4.31. The van der Waals surface area contributed by atoms with Gasteiger partial charge >= 0.3 is 0 Å². The van der Waals surface area contributed by atoms with Crippen LogP contribution in [0.3, 0.4) is 0 Å². The van der Waals surface area contributed by atoms with Gasteiger partial charge in [-0.3, -0.25) is 0 Å². The van der Waals surface area contributed by atoms with E-state index in [9.17, 15) is 0 Å². The lowest BCUT2D eigenvalue weighted by molar-refractivity contribution is 0.122. The number of rotatable bonds is 3. The summed E-state index contributed by atoms with van der Waals surface area (Å²) in [6, 6.07) is 12.0. The van der Waals surface area contributed by atoms with Crippen LogP contribution in [-0.2, 0) is 4.74 Å². The number of nitrogens with one attached hydrogen (secondary N) is 1. The van der Waals surface area contributed by atoms with Crippen molar-refractivity contribution in [3.63, 3.8) is 0 Å². The molecule has 1 saturated heterocycles. The minimum absolute atomic E-state index is 0.175. The Labute approximate surface area is 144 Å². The fraction of sp³-hybridized carbons (Fsp3) is 0.235. The second kappa shape index (κ2) is 6.59. The molecule has 0 amide bonds. The molecule has 0 radical (unpaired) electrons. The Morgan fingerprint density at radius 3 is 2.62 bits per heavy atom. The Morgan fingerprint density at radius 2 is 1.83 bits per heavy atom. The van der Waals surface area contributed by atoms with E-state index in [0.717, 1.165) is 37.4 Å². The first-order valence-corrected chi connectivity index (χ1v) is 8.15. The molecule has 0 aliphatic carbocycles. The third kappa shape index (κ3) is 3.11. The molecular weight excluding hydrogens is 326 g/mol. The lowest BCUT2D eigenvalue weighted by atomic mass is 10.2. The van der Waals surface area contributed by atoms with E-state index in [1.165, 1.54) is 5.69 Å².